The van der Waals surface area contributed by atoms with Gasteiger partial charge in [-0.2, -0.15) is 0 Å². The monoisotopic (exact) mass is 154 g/mol. The van der Waals surface area contributed by atoms with Crippen molar-refractivity contribution in [2.75, 3.05) is 6.61 Å². The zero-order valence-corrected chi connectivity index (χ0v) is 7.09. The summed E-state index contributed by atoms with van der Waals surface area (Å²) in [7, 11) is 0. The van der Waals surface area contributed by atoms with Crippen LogP contribution in [0.2, 0.25) is 0 Å². The van der Waals surface area contributed by atoms with Gasteiger partial charge in [-0.3, -0.25) is 0 Å². The van der Waals surface area contributed by atoms with Crippen LogP contribution in [0.4, 0.5) is 0 Å². The van der Waals surface area contributed by atoms with Gasteiger partial charge in [-0.25, -0.2) is 4.79 Å². The Morgan fingerprint density at radius 2 is 2.27 bits per heavy atom. The quantitative estimate of drug-likeness (QED) is 0.268. The van der Waals surface area contributed by atoms with Crippen molar-refractivity contribution in [1.82, 2.24) is 0 Å². The Kier molecular flexibility index (Phi) is 5.17. The van der Waals surface area contributed by atoms with Crippen molar-refractivity contribution in [2.45, 2.75) is 20.3 Å². The van der Waals surface area contributed by atoms with Crippen LogP contribution in [0.15, 0.2) is 24.3 Å². The van der Waals surface area contributed by atoms with E-state index in [0.717, 1.165) is 6.42 Å². The van der Waals surface area contributed by atoms with Crippen LogP contribution < -0.4 is 0 Å². The van der Waals surface area contributed by atoms with Gasteiger partial charge < -0.3 is 4.74 Å². The Morgan fingerprint density at radius 1 is 1.64 bits per heavy atom. The highest BCUT2D eigenvalue weighted by Crippen LogP contribution is 1.93. The predicted octanol–water partition coefficient (Wildman–Crippen LogP) is 2.07. The lowest BCUT2D eigenvalue weighted by molar-refractivity contribution is -0.138. The molecule has 0 aromatic carbocycles. The maximum atomic E-state index is 10.8. The van der Waals surface area contributed by atoms with Crippen molar-refractivity contribution in [3.8, 4) is 0 Å². The van der Waals surface area contributed by atoms with Crippen molar-refractivity contribution >= 4 is 5.97 Å². The molecule has 0 N–H and O–H groups in total. The van der Waals surface area contributed by atoms with Crippen LogP contribution in [0, 0.1) is 0 Å². The zero-order chi connectivity index (χ0) is 8.69. The molecule has 0 radical (unpaired) electrons. The molecule has 0 aliphatic heterocycles. The molecule has 2 heteroatoms. The van der Waals surface area contributed by atoms with E-state index in [1.807, 2.05) is 19.1 Å². The highest BCUT2D eigenvalue weighted by atomic mass is 16.5. The highest BCUT2D eigenvalue weighted by molar-refractivity contribution is 5.86. The summed E-state index contributed by atoms with van der Waals surface area (Å²) in [6.07, 6.45) is 4.65. The molecule has 11 heavy (non-hydrogen) atoms. The largest absolute Gasteiger partial charge is 0.462 e. The fourth-order valence-corrected chi connectivity index (χ4v) is 0.510. The molecule has 0 rings (SSSR count). The van der Waals surface area contributed by atoms with E-state index in [9.17, 15) is 4.79 Å². The average Bonchev–Trinajstić information content (AvgIpc) is 1.97. The molecule has 2 nitrogen and oxygen atoms in total. The lowest BCUT2D eigenvalue weighted by Crippen LogP contribution is -2.05. The summed E-state index contributed by atoms with van der Waals surface area (Å²) in [6.45, 7) is 7.47. The Bertz CT molecular complexity index is 168. The second-order valence-corrected chi connectivity index (χ2v) is 2.27. The number of carbonyl (C=O) groups excluding carboxylic acids is 1. The van der Waals surface area contributed by atoms with E-state index < -0.39 is 0 Å². The Hall–Kier alpha value is -1.05. The van der Waals surface area contributed by atoms with Crippen LogP contribution in [-0.2, 0) is 9.53 Å². The van der Waals surface area contributed by atoms with Crippen molar-refractivity contribution < 1.29 is 9.53 Å². The lowest BCUT2D eigenvalue weighted by atomic mass is 10.3. The molecule has 0 aromatic rings. The van der Waals surface area contributed by atoms with E-state index in [4.69, 9.17) is 4.74 Å². The summed E-state index contributed by atoms with van der Waals surface area (Å²) in [4.78, 5) is 10.8. The molecular weight excluding hydrogens is 140 g/mol. The van der Waals surface area contributed by atoms with Crippen LogP contribution in [0.25, 0.3) is 0 Å². The van der Waals surface area contributed by atoms with Crippen molar-refractivity contribution in [3.63, 3.8) is 0 Å². The third-order valence-electron chi connectivity index (χ3n) is 1.10. The number of ether oxygens (including phenoxy) is 1. The summed E-state index contributed by atoms with van der Waals surface area (Å²) >= 11 is 0. The molecule has 0 saturated carbocycles. The molecule has 0 unspecified atom stereocenters. The molecule has 0 aromatic heterocycles. The minimum atomic E-state index is -0.311. The van der Waals surface area contributed by atoms with E-state index in [-0.39, 0.29) is 5.97 Å². The van der Waals surface area contributed by atoms with E-state index in [0.29, 0.717) is 12.2 Å². The second-order valence-electron chi connectivity index (χ2n) is 2.27. The van der Waals surface area contributed by atoms with Gasteiger partial charge in [0, 0.05) is 5.57 Å². The van der Waals surface area contributed by atoms with E-state index >= 15 is 0 Å². The molecular formula is C9H14O2. The van der Waals surface area contributed by atoms with Gasteiger partial charge in [0.05, 0.1) is 6.61 Å². The minimum absolute atomic E-state index is 0.311. The first-order chi connectivity index (χ1) is 5.18. The van der Waals surface area contributed by atoms with Crippen LogP contribution in [0.3, 0.4) is 0 Å². The number of allylic oxidation sites excluding steroid dienone is 1. The number of hydrogen-bond donors (Lipinski definition) is 0. The molecule has 0 aliphatic rings. The van der Waals surface area contributed by atoms with Crippen LogP contribution >= 0.6 is 0 Å². The Labute approximate surface area is 67.6 Å². The molecule has 0 amide bonds. The van der Waals surface area contributed by atoms with E-state index in [1.165, 1.54) is 0 Å². The van der Waals surface area contributed by atoms with Crippen molar-refractivity contribution in [3.05, 3.63) is 24.3 Å². The number of hydrogen-bond acceptors (Lipinski definition) is 2. The maximum Gasteiger partial charge on any atom is 0.333 e. The molecule has 0 bridgehead atoms. The summed E-state index contributed by atoms with van der Waals surface area (Å²) < 4.78 is 4.82. The Balaban J connectivity index is 3.39. The van der Waals surface area contributed by atoms with Crippen molar-refractivity contribution in [1.29, 1.82) is 0 Å². The predicted molar refractivity (Wildman–Crippen MR) is 45.2 cm³/mol. The standard InChI is InChI=1S/C9H14O2/c1-4-5-6-7-11-9(10)8(2)3/h4-5H,2,6-7H2,1,3H3. The second kappa shape index (κ2) is 5.71. The number of esters is 1. The molecule has 0 aliphatic carbocycles. The Morgan fingerprint density at radius 3 is 2.73 bits per heavy atom. The zero-order valence-electron chi connectivity index (χ0n) is 7.09. The third kappa shape index (κ3) is 5.40. The average molecular weight is 154 g/mol. The van der Waals surface area contributed by atoms with Crippen LogP contribution in [-0.4, -0.2) is 12.6 Å². The molecule has 0 atom stereocenters. The van der Waals surface area contributed by atoms with E-state index in [2.05, 4.69) is 6.58 Å². The molecule has 0 spiro atoms. The van der Waals surface area contributed by atoms with Crippen LogP contribution in [0.1, 0.15) is 20.3 Å². The van der Waals surface area contributed by atoms with Gasteiger partial charge in [-0.1, -0.05) is 18.7 Å². The van der Waals surface area contributed by atoms with Gasteiger partial charge in [0.1, 0.15) is 0 Å². The van der Waals surface area contributed by atoms with Crippen LogP contribution in [0.5, 0.6) is 0 Å². The number of rotatable bonds is 4. The van der Waals surface area contributed by atoms with E-state index in [1.54, 1.807) is 6.92 Å². The SMILES string of the molecule is C=C(C)C(=O)OCCC=CC. The molecule has 0 heterocycles. The highest BCUT2D eigenvalue weighted by Gasteiger charge is 1.99. The normalized spacial score (nSPS) is 10.0. The summed E-state index contributed by atoms with van der Waals surface area (Å²) in [5, 5.41) is 0. The summed E-state index contributed by atoms with van der Waals surface area (Å²) in [6, 6.07) is 0. The van der Waals surface area contributed by atoms with Gasteiger partial charge in [-0.15, -0.1) is 0 Å². The molecule has 0 fully saturated rings. The molecule has 62 valence electrons. The van der Waals surface area contributed by atoms with Crippen molar-refractivity contribution in [2.24, 2.45) is 0 Å². The fourth-order valence-electron chi connectivity index (χ4n) is 0.510. The smallest absolute Gasteiger partial charge is 0.333 e. The van der Waals surface area contributed by atoms with Gasteiger partial charge >= 0.3 is 5.97 Å². The maximum absolute atomic E-state index is 10.8. The van der Waals surface area contributed by atoms with Gasteiger partial charge in [0.25, 0.3) is 0 Å². The lowest BCUT2D eigenvalue weighted by Gasteiger charge is -2.00. The molecule has 0 saturated heterocycles. The number of carbonyl (C=O) groups is 1. The van der Waals surface area contributed by atoms with Gasteiger partial charge in [-0.05, 0) is 20.3 Å². The topological polar surface area (TPSA) is 26.3 Å². The third-order valence-corrected chi connectivity index (χ3v) is 1.10. The van der Waals surface area contributed by atoms with Gasteiger partial charge in [0.15, 0.2) is 0 Å². The summed E-state index contributed by atoms with van der Waals surface area (Å²) in [5.41, 5.74) is 0.450. The van der Waals surface area contributed by atoms with Gasteiger partial charge in [0.2, 0.25) is 0 Å². The first-order valence-electron chi connectivity index (χ1n) is 3.62. The fraction of sp³-hybridized carbons (Fsp3) is 0.444. The minimum Gasteiger partial charge on any atom is -0.462 e. The first kappa shape index (κ1) is 9.95. The first-order valence-corrected chi connectivity index (χ1v) is 3.62. The summed E-state index contributed by atoms with van der Waals surface area (Å²) in [5.74, 6) is -0.311.